The highest BCUT2D eigenvalue weighted by Crippen LogP contribution is 2.19. The molecule has 1 N–H and O–H groups in total. The van der Waals surface area contributed by atoms with Crippen LogP contribution in [0.3, 0.4) is 0 Å². The maximum Gasteiger partial charge on any atom is 0.245 e. The molecule has 1 aliphatic rings. The summed E-state index contributed by atoms with van der Waals surface area (Å²) in [6.07, 6.45) is 0.644. The Kier molecular flexibility index (Phi) is 4.55. The summed E-state index contributed by atoms with van der Waals surface area (Å²) in [5.41, 5.74) is 0.237. The normalized spacial score (nSPS) is 23.0. The van der Waals surface area contributed by atoms with Gasteiger partial charge < -0.3 is 10.2 Å². The molecule has 0 saturated carbocycles. The molecule has 0 aromatic heterocycles. The monoisotopic (exact) mass is 296 g/mol. The molecular formula is C15H18F2N2O2. The molecule has 0 aliphatic carbocycles. The van der Waals surface area contributed by atoms with Crippen molar-refractivity contribution in [3.63, 3.8) is 0 Å². The standard InChI is InChI=1S/C15H18F2N2O2/c1-3-13-15(21)19(9(2)6-14(20)18-13)8-10-4-5-11(16)7-12(10)17/h4-5,7,9,13H,3,6,8H2,1-2H3,(H,18,20). The first-order chi connectivity index (χ1) is 9.92. The van der Waals surface area contributed by atoms with Crippen molar-refractivity contribution in [3.8, 4) is 0 Å². The largest absolute Gasteiger partial charge is 0.344 e. The van der Waals surface area contributed by atoms with E-state index in [-0.39, 0.29) is 36.4 Å². The van der Waals surface area contributed by atoms with Crippen molar-refractivity contribution in [1.82, 2.24) is 10.2 Å². The molecule has 1 aromatic carbocycles. The van der Waals surface area contributed by atoms with Crippen LogP contribution in [0.15, 0.2) is 18.2 Å². The predicted molar refractivity (Wildman–Crippen MR) is 73.2 cm³/mol. The number of carbonyl (C=O) groups is 2. The Hall–Kier alpha value is -1.98. The van der Waals surface area contributed by atoms with Crippen LogP contribution in [-0.2, 0) is 16.1 Å². The van der Waals surface area contributed by atoms with E-state index in [1.54, 1.807) is 13.8 Å². The number of hydrogen-bond donors (Lipinski definition) is 1. The first-order valence-electron chi connectivity index (χ1n) is 6.96. The molecule has 21 heavy (non-hydrogen) atoms. The van der Waals surface area contributed by atoms with Gasteiger partial charge in [-0.15, -0.1) is 0 Å². The maximum absolute atomic E-state index is 13.8. The van der Waals surface area contributed by atoms with Gasteiger partial charge in [-0.3, -0.25) is 9.59 Å². The van der Waals surface area contributed by atoms with E-state index in [0.717, 1.165) is 12.1 Å². The number of halogens is 2. The van der Waals surface area contributed by atoms with Crippen LogP contribution in [0.2, 0.25) is 0 Å². The Labute approximate surface area is 122 Å². The van der Waals surface area contributed by atoms with Crippen molar-refractivity contribution in [1.29, 1.82) is 0 Å². The molecule has 1 fully saturated rings. The van der Waals surface area contributed by atoms with Crippen LogP contribution in [0.25, 0.3) is 0 Å². The van der Waals surface area contributed by atoms with Gasteiger partial charge in [-0.05, 0) is 19.4 Å². The third-order valence-electron chi connectivity index (χ3n) is 3.69. The van der Waals surface area contributed by atoms with Crippen molar-refractivity contribution in [2.24, 2.45) is 0 Å². The first kappa shape index (κ1) is 15.4. The lowest BCUT2D eigenvalue weighted by atomic mass is 10.1. The third kappa shape index (κ3) is 3.37. The van der Waals surface area contributed by atoms with Gasteiger partial charge >= 0.3 is 0 Å². The van der Waals surface area contributed by atoms with E-state index < -0.39 is 17.7 Å². The summed E-state index contributed by atoms with van der Waals surface area (Å²) in [5.74, 6) is -1.77. The fourth-order valence-corrected chi connectivity index (χ4v) is 2.45. The molecule has 1 heterocycles. The van der Waals surface area contributed by atoms with Crippen LogP contribution in [0, 0.1) is 11.6 Å². The lowest BCUT2D eigenvalue weighted by molar-refractivity contribution is -0.135. The number of carbonyl (C=O) groups excluding carboxylic acids is 2. The van der Waals surface area contributed by atoms with Gasteiger partial charge in [0.1, 0.15) is 17.7 Å². The zero-order valence-corrected chi connectivity index (χ0v) is 12.0. The van der Waals surface area contributed by atoms with Crippen molar-refractivity contribution < 1.29 is 18.4 Å². The van der Waals surface area contributed by atoms with Crippen LogP contribution in [0.5, 0.6) is 0 Å². The highest BCUT2D eigenvalue weighted by Gasteiger charge is 2.33. The molecule has 2 amide bonds. The van der Waals surface area contributed by atoms with E-state index in [2.05, 4.69) is 5.32 Å². The summed E-state index contributed by atoms with van der Waals surface area (Å²) < 4.78 is 26.7. The molecule has 6 heteroatoms. The first-order valence-corrected chi connectivity index (χ1v) is 6.96. The van der Waals surface area contributed by atoms with Crippen molar-refractivity contribution >= 4 is 11.8 Å². The maximum atomic E-state index is 13.8. The predicted octanol–water partition coefficient (Wildman–Crippen LogP) is 1.98. The summed E-state index contributed by atoms with van der Waals surface area (Å²) in [4.78, 5) is 25.6. The molecule has 0 spiro atoms. The van der Waals surface area contributed by atoms with E-state index in [0.29, 0.717) is 6.42 Å². The van der Waals surface area contributed by atoms with Crippen LogP contribution in [0.1, 0.15) is 32.3 Å². The third-order valence-corrected chi connectivity index (χ3v) is 3.69. The molecule has 0 bridgehead atoms. The second kappa shape index (κ2) is 6.20. The summed E-state index contributed by atoms with van der Waals surface area (Å²) in [6.45, 7) is 3.57. The Morgan fingerprint density at radius 1 is 1.33 bits per heavy atom. The minimum Gasteiger partial charge on any atom is -0.344 e. The Balaban J connectivity index is 2.26. The molecular weight excluding hydrogens is 278 g/mol. The zero-order chi connectivity index (χ0) is 15.6. The van der Waals surface area contributed by atoms with Gasteiger partial charge in [0.2, 0.25) is 11.8 Å². The van der Waals surface area contributed by atoms with Crippen LogP contribution in [0.4, 0.5) is 8.78 Å². The molecule has 1 aromatic rings. The minimum absolute atomic E-state index is 0.0254. The Morgan fingerprint density at radius 2 is 2.05 bits per heavy atom. The van der Waals surface area contributed by atoms with Gasteiger partial charge in [-0.2, -0.15) is 0 Å². The lowest BCUT2D eigenvalue weighted by Crippen LogP contribution is -2.45. The lowest BCUT2D eigenvalue weighted by Gasteiger charge is -2.28. The van der Waals surface area contributed by atoms with Gasteiger partial charge in [-0.25, -0.2) is 8.78 Å². The van der Waals surface area contributed by atoms with Gasteiger partial charge in [0, 0.05) is 30.6 Å². The van der Waals surface area contributed by atoms with E-state index in [9.17, 15) is 18.4 Å². The average molecular weight is 296 g/mol. The van der Waals surface area contributed by atoms with Crippen LogP contribution < -0.4 is 5.32 Å². The summed E-state index contributed by atoms with van der Waals surface area (Å²) >= 11 is 0. The number of benzene rings is 1. The van der Waals surface area contributed by atoms with E-state index in [1.807, 2.05) is 0 Å². The van der Waals surface area contributed by atoms with Crippen molar-refractivity contribution in [3.05, 3.63) is 35.4 Å². The number of nitrogens with zero attached hydrogens (tertiary/aromatic N) is 1. The highest BCUT2D eigenvalue weighted by molar-refractivity contribution is 5.90. The quantitative estimate of drug-likeness (QED) is 0.927. The summed E-state index contributed by atoms with van der Waals surface area (Å²) in [5, 5.41) is 2.66. The molecule has 1 aliphatic heterocycles. The van der Waals surface area contributed by atoms with E-state index in [4.69, 9.17) is 0 Å². The van der Waals surface area contributed by atoms with Gasteiger partial charge in [-0.1, -0.05) is 13.0 Å². The summed E-state index contributed by atoms with van der Waals surface area (Å²) in [7, 11) is 0. The second-order valence-electron chi connectivity index (χ2n) is 5.28. The molecule has 0 radical (unpaired) electrons. The van der Waals surface area contributed by atoms with Gasteiger partial charge in [0.25, 0.3) is 0 Å². The van der Waals surface area contributed by atoms with E-state index >= 15 is 0 Å². The molecule has 2 atom stereocenters. The molecule has 4 nitrogen and oxygen atoms in total. The zero-order valence-electron chi connectivity index (χ0n) is 12.0. The van der Waals surface area contributed by atoms with E-state index in [1.165, 1.54) is 11.0 Å². The molecule has 114 valence electrons. The Bertz CT molecular complexity index is 563. The minimum atomic E-state index is -0.688. The van der Waals surface area contributed by atoms with Gasteiger partial charge in [0.15, 0.2) is 0 Å². The fourth-order valence-electron chi connectivity index (χ4n) is 2.45. The molecule has 1 saturated heterocycles. The van der Waals surface area contributed by atoms with Crippen LogP contribution in [-0.4, -0.2) is 28.8 Å². The molecule has 2 rings (SSSR count). The van der Waals surface area contributed by atoms with Gasteiger partial charge in [0.05, 0.1) is 0 Å². The number of rotatable bonds is 3. The Morgan fingerprint density at radius 3 is 2.67 bits per heavy atom. The number of amides is 2. The molecule has 2 unspecified atom stereocenters. The van der Waals surface area contributed by atoms with Crippen LogP contribution >= 0.6 is 0 Å². The average Bonchev–Trinajstić information content (AvgIpc) is 2.52. The number of hydrogen-bond acceptors (Lipinski definition) is 2. The second-order valence-corrected chi connectivity index (χ2v) is 5.28. The topological polar surface area (TPSA) is 49.4 Å². The fraction of sp³-hybridized carbons (Fsp3) is 0.467. The van der Waals surface area contributed by atoms with Crippen molar-refractivity contribution in [2.75, 3.05) is 0 Å². The smallest absolute Gasteiger partial charge is 0.245 e. The summed E-state index contributed by atoms with van der Waals surface area (Å²) in [6, 6.07) is 2.35. The number of nitrogens with one attached hydrogen (secondary N) is 1. The SMILES string of the molecule is CCC1NC(=O)CC(C)N(Cc2ccc(F)cc2F)C1=O. The highest BCUT2D eigenvalue weighted by atomic mass is 19.1. The van der Waals surface area contributed by atoms with Crippen molar-refractivity contribution in [2.45, 2.75) is 45.3 Å².